The van der Waals surface area contributed by atoms with Crippen molar-refractivity contribution in [3.63, 3.8) is 0 Å². The molecule has 0 amide bonds. The molecule has 0 spiro atoms. The van der Waals surface area contributed by atoms with Gasteiger partial charge in [-0.3, -0.25) is 0 Å². The highest BCUT2D eigenvalue weighted by Gasteiger charge is 2.10. The molecule has 2 aromatic carbocycles. The summed E-state index contributed by atoms with van der Waals surface area (Å²) < 4.78 is 12.3. The summed E-state index contributed by atoms with van der Waals surface area (Å²) in [4.78, 5) is 0. The number of benzene rings is 2. The average molecular weight is 351 g/mol. The zero-order chi connectivity index (χ0) is 15.1. The van der Waals surface area contributed by atoms with Crippen molar-refractivity contribution in [1.82, 2.24) is 0 Å². The highest BCUT2D eigenvalue weighted by molar-refractivity contribution is 9.10. The molecule has 0 aromatic heterocycles. The van der Waals surface area contributed by atoms with E-state index in [1.165, 1.54) is 0 Å². The van der Waals surface area contributed by atoms with Crippen LogP contribution in [0.25, 0.3) is 0 Å². The minimum atomic E-state index is -0.493. The first-order chi connectivity index (χ1) is 10.2. The summed E-state index contributed by atoms with van der Waals surface area (Å²) in [6.45, 7) is 2.82. The molecule has 0 aliphatic carbocycles. The molecule has 21 heavy (non-hydrogen) atoms. The van der Waals surface area contributed by atoms with Crippen LogP contribution in [0.1, 0.15) is 25.0 Å². The zero-order valence-corrected chi connectivity index (χ0v) is 13.5. The fourth-order valence-electron chi connectivity index (χ4n) is 1.98. The van der Waals surface area contributed by atoms with Gasteiger partial charge in [0.15, 0.2) is 0 Å². The highest BCUT2D eigenvalue weighted by atomic mass is 79.9. The minimum absolute atomic E-state index is 0.431. The molecule has 0 radical (unpaired) electrons. The molecule has 0 saturated heterocycles. The smallest absolute Gasteiger partial charge is 0.125 e. The Morgan fingerprint density at radius 2 is 1.81 bits per heavy atom. The van der Waals surface area contributed by atoms with Crippen molar-refractivity contribution in [1.29, 1.82) is 0 Å². The van der Waals surface area contributed by atoms with E-state index in [2.05, 4.69) is 15.9 Å². The highest BCUT2D eigenvalue weighted by Crippen LogP contribution is 2.26. The number of para-hydroxylation sites is 1. The van der Waals surface area contributed by atoms with Gasteiger partial charge in [-0.25, -0.2) is 0 Å². The molecule has 112 valence electrons. The van der Waals surface area contributed by atoms with E-state index in [4.69, 9.17) is 9.47 Å². The fourth-order valence-corrected chi connectivity index (χ4v) is 2.35. The van der Waals surface area contributed by atoms with E-state index in [0.29, 0.717) is 25.4 Å². The Kier molecular flexibility index (Phi) is 6.08. The summed E-state index contributed by atoms with van der Waals surface area (Å²) in [5, 5.41) is 9.96. The molecule has 2 aromatic rings. The van der Waals surface area contributed by atoms with E-state index < -0.39 is 6.10 Å². The van der Waals surface area contributed by atoms with Crippen LogP contribution in [0.15, 0.2) is 53.0 Å². The van der Waals surface area contributed by atoms with Crippen molar-refractivity contribution in [2.24, 2.45) is 0 Å². The van der Waals surface area contributed by atoms with Crippen LogP contribution >= 0.6 is 15.9 Å². The van der Waals surface area contributed by atoms with E-state index >= 15 is 0 Å². The molecule has 0 saturated carbocycles. The summed E-state index contributed by atoms with van der Waals surface area (Å²) >= 11 is 3.40. The molecule has 0 heterocycles. The molecule has 0 aliphatic rings. The average Bonchev–Trinajstić information content (AvgIpc) is 2.51. The molecule has 1 atom stereocenters. The van der Waals surface area contributed by atoms with Crippen LogP contribution in [0.2, 0.25) is 0 Å². The van der Waals surface area contributed by atoms with Crippen LogP contribution in [0.3, 0.4) is 0 Å². The number of aliphatic hydroxyl groups is 1. The topological polar surface area (TPSA) is 38.7 Å². The largest absolute Gasteiger partial charge is 0.490 e. The first kappa shape index (κ1) is 15.9. The molecule has 4 heteroatoms. The SMILES string of the molecule is CCC(O)c1ccccc1OCCOc1cccc(Br)c1. The van der Waals surface area contributed by atoms with Gasteiger partial charge in [0.2, 0.25) is 0 Å². The Bertz CT molecular complexity index is 571. The van der Waals surface area contributed by atoms with Gasteiger partial charge in [-0.2, -0.15) is 0 Å². The molecule has 1 N–H and O–H groups in total. The standard InChI is InChI=1S/C17H19BrO3/c1-2-16(19)15-8-3-4-9-17(15)21-11-10-20-14-7-5-6-13(18)12-14/h3-9,12,16,19H,2,10-11H2,1H3. The van der Waals surface area contributed by atoms with Crippen LogP contribution in [0.5, 0.6) is 11.5 Å². The Hall–Kier alpha value is -1.52. The van der Waals surface area contributed by atoms with Crippen LogP contribution in [0.4, 0.5) is 0 Å². The minimum Gasteiger partial charge on any atom is -0.490 e. The number of halogens is 1. The van der Waals surface area contributed by atoms with Crippen molar-refractivity contribution >= 4 is 15.9 Å². The Morgan fingerprint density at radius 3 is 2.57 bits per heavy atom. The van der Waals surface area contributed by atoms with Gasteiger partial charge < -0.3 is 14.6 Å². The lowest BCUT2D eigenvalue weighted by molar-refractivity contribution is 0.162. The van der Waals surface area contributed by atoms with Gasteiger partial charge in [-0.1, -0.05) is 47.1 Å². The molecule has 1 unspecified atom stereocenters. The number of ether oxygens (including phenoxy) is 2. The monoisotopic (exact) mass is 350 g/mol. The van der Waals surface area contributed by atoms with E-state index in [0.717, 1.165) is 15.8 Å². The van der Waals surface area contributed by atoms with Gasteiger partial charge in [-0.05, 0) is 30.7 Å². The maximum absolute atomic E-state index is 9.96. The van der Waals surface area contributed by atoms with Crippen molar-refractivity contribution in [3.8, 4) is 11.5 Å². The molecule has 0 fully saturated rings. The second-order valence-electron chi connectivity index (χ2n) is 4.62. The van der Waals surface area contributed by atoms with Gasteiger partial charge in [-0.15, -0.1) is 0 Å². The Balaban J connectivity index is 1.86. The van der Waals surface area contributed by atoms with E-state index in [9.17, 15) is 5.11 Å². The van der Waals surface area contributed by atoms with E-state index in [1.807, 2.05) is 55.5 Å². The summed E-state index contributed by atoms with van der Waals surface area (Å²) in [6.07, 6.45) is 0.168. The fraction of sp³-hybridized carbons (Fsp3) is 0.294. The summed E-state index contributed by atoms with van der Waals surface area (Å²) in [6, 6.07) is 15.2. The first-order valence-electron chi connectivity index (χ1n) is 6.99. The second-order valence-corrected chi connectivity index (χ2v) is 5.53. The van der Waals surface area contributed by atoms with Gasteiger partial charge in [0.05, 0.1) is 6.10 Å². The maximum atomic E-state index is 9.96. The normalized spacial score (nSPS) is 12.0. The third-order valence-corrected chi connectivity index (χ3v) is 3.56. The molecule has 0 bridgehead atoms. The van der Waals surface area contributed by atoms with Gasteiger partial charge in [0.25, 0.3) is 0 Å². The Labute approximate surface area is 133 Å². The molecule has 3 nitrogen and oxygen atoms in total. The summed E-state index contributed by atoms with van der Waals surface area (Å²) in [5.41, 5.74) is 0.822. The first-order valence-corrected chi connectivity index (χ1v) is 7.78. The molecular weight excluding hydrogens is 332 g/mol. The predicted octanol–water partition coefficient (Wildman–Crippen LogP) is 4.35. The van der Waals surface area contributed by atoms with Crippen LogP contribution in [-0.2, 0) is 0 Å². The van der Waals surface area contributed by atoms with E-state index in [-0.39, 0.29) is 0 Å². The molecular formula is C17H19BrO3. The van der Waals surface area contributed by atoms with Gasteiger partial charge in [0, 0.05) is 10.0 Å². The lowest BCUT2D eigenvalue weighted by Crippen LogP contribution is -2.10. The molecule has 2 rings (SSSR count). The van der Waals surface area contributed by atoms with Crippen molar-refractivity contribution < 1.29 is 14.6 Å². The lowest BCUT2D eigenvalue weighted by Gasteiger charge is -2.15. The quantitative estimate of drug-likeness (QED) is 0.754. The maximum Gasteiger partial charge on any atom is 0.125 e. The van der Waals surface area contributed by atoms with Crippen molar-refractivity contribution in [2.45, 2.75) is 19.4 Å². The third kappa shape index (κ3) is 4.76. The number of hydrogen-bond donors (Lipinski definition) is 1. The lowest BCUT2D eigenvalue weighted by atomic mass is 10.1. The molecule has 0 aliphatic heterocycles. The van der Waals surface area contributed by atoms with Crippen LogP contribution in [-0.4, -0.2) is 18.3 Å². The van der Waals surface area contributed by atoms with Crippen molar-refractivity contribution in [2.75, 3.05) is 13.2 Å². The van der Waals surface area contributed by atoms with Crippen LogP contribution < -0.4 is 9.47 Å². The number of aliphatic hydroxyl groups excluding tert-OH is 1. The second kappa shape index (κ2) is 8.05. The number of rotatable bonds is 7. The van der Waals surface area contributed by atoms with Crippen LogP contribution in [0, 0.1) is 0 Å². The predicted molar refractivity (Wildman–Crippen MR) is 86.8 cm³/mol. The Morgan fingerprint density at radius 1 is 1.05 bits per heavy atom. The van der Waals surface area contributed by atoms with Crippen molar-refractivity contribution in [3.05, 3.63) is 58.6 Å². The number of hydrogen-bond acceptors (Lipinski definition) is 3. The summed E-state index contributed by atoms with van der Waals surface area (Å²) in [7, 11) is 0. The van der Waals surface area contributed by atoms with Gasteiger partial charge in [0.1, 0.15) is 24.7 Å². The van der Waals surface area contributed by atoms with Gasteiger partial charge >= 0.3 is 0 Å². The third-order valence-electron chi connectivity index (χ3n) is 3.07. The zero-order valence-electron chi connectivity index (χ0n) is 12.0. The van der Waals surface area contributed by atoms with E-state index in [1.54, 1.807) is 0 Å². The summed E-state index contributed by atoms with van der Waals surface area (Å²) in [5.74, 6) is 1.51.